The smallest absolute Gasteiger partial charge is 0.253 e. The maximum atomic E-state index is 13.5. The van der Waals surface area contributed by atoms with Crippen LogP contribution in [0, 0.1) is 18.7 Å². The average Bonchev–Trinajstić information content (AvgIpc) is 3.27. The molecule has 1 aliphatic heterocycles. The monoisotopic (exact) mass is 379 g/mol. The number of rotatable bonds is 4. The summed E-state index contributed by atoms with van der Waals surface area (Å²) in [5.74, 6) is -0.482. The zero-order chi connectivity index (χ0) is 19.7. The minimum Gasteiger partial charge on any atom is -0.391 e. The summed E-state index contributed by atoms with van der Waals surface area (Å²) in [6.45, 7) is 2.72. The Hall–Kier alpha value is -2.99. The van der Waals surface area contributed by atoms with Crippen LogP contribution in [-0.4, -0.2) is 45.3 Å². The van der Waals surface area contributed by atoms with E-state index in [2.05, 4.69) is 10.2 Å². The highest BCUT2D eigenvalue weighted by Gasteiger charge is 2.34. The Morgan fingerprint density at radius 3 is 2.64 bits per heavy atom. The van der Waals surface area contributed by atoms with Gasteiger partial charge in [-0.1, -0.05) is 24.3 Å². The lowest BCUT2D eigenvalue weighted by Gasteiger charge is -2.16. The van der Waals surface area contributed by atoms with Gasteiger partial charge in [-0.2, -0.15) is 5.10 Å². The molecule has 6 heteroatoms. The number of hydrogen-bond donors (Lipinski definition) is 2. The fourth-order valence-electron chi connectivity index (χ4n) is 3.75. The highest BCUT2D eigenvalue weighted by molar-refractivity contribution is 5.95. The zero-order valence-electron chi connectivity index (χ0n) is 15.6. The molecule has 2 N–H and O–H groups in total. The van der Waals surface area contributed by atoms with Gasteiger partial charge in [-0.25, -0.2) is 4.39 Å². The minimum atomic E-state index is -0.577. The molecule has 0 saturated carbocycles. The highest BCUT2D eigenvalue weighted by atomic mass is 19.1. The summed E-state index contributed by atoms with van der Waals surface area (Å²) in [4.78, 5) is 14.6. The predicted molar refractivity (Wildman–Crippen MR) is 104 cm³/mol. The Balaban J connectivity index is 1.49. The largest absolute Gasteiger partial charge is 0.391 e. The van der Waals surface area contributed by atoms with Gasteiger partial charge in [-0.15, -0.1) is 0 Å². The van der Waals surface area contributed by atoms with Crippen molar-refractivity contribution in [1.29, 1.82) is 0 Å². The molecule has 1 saturated heterocycles. The fraction of sp³-hybridized carbons (Fsp3) is 0.273. The number of likely N-dealkylation sites (tertiary alicyclic amines) is 1. The highest BCUT2D eigenvalue weighted by Crippen LogP contribution is 2.25. The number of hydrogen-bond acceptors (Lipinski definition) is 3. The summed E-state index contributed by atoms with van der Waals surface area (Å²) in [7, 11) is 0. The van der Waals surface area contributed by atoms with Crippen molar-refractivity contribution in [2.24, 2.45) is 5.92 Å². The Morgan fingerprint density at radius 1 is 1.18 bits per heavy atom. The van der Waals surface area contributed by atoms with Crippen LogP contribution in [0.15, 0.2) is 54.6 Å². The summed E-state index contributed by atoms with van der Waals surface area (Å²) in [6.07, 6.45) is 0.0471. The summed E-state index contributed by atoms with van der Waals surface area (Å²) in [5.41, 5.74) is 3.91. The molecule has 1 aliphatic rings. The van der Waals surface area contributed by atoms with Crippen LogP contribution >= 0.6 is 0 Å². The lowest BCUT2D eigenvalue weighted by molar-refractivity contribution is 0.0764. The molecule has 144 valence electrons. The fourth-order valence-corrected chi connectivity index (χ4v) is 3.75. The van der Waals surface area contributed by atoms with Gasteiger partial charge in [0.15, 0.2) is 0 Å². The van der Waals surface area contributed by atoms with Crippen molar-refractivity contribution in [3.05, 3.63) is 77.4 Å². The number of carbonyl (C=O) groups is 1. The first-order valence-corrected chi connectivity index (χ1v) is 9.34. The number of nitrogens with one attached hydrogen (secondary N) is 1. The first-order valence-electron chi connectivity index (χ1n) is 9.34. The lowest BCUT2D eigenvalue weighted by Crippen LogP contribution is -2.29. The molecule has 2 heterocycles. The first-order chi connectivity index (χ1) is 13.5. The van der Waals surface area contributed by atoms with Gasteiger partial charge >= 0.3 is 0 Å². The lowest BCUT2D eigenvalue weighted by atomic mass is 10.00. The predicted octanol–water partition coefficient (Wildman–Crippen LogP) is 3.20. The molecular weight excluding hydrogens is 357 g/mol. The third-order valence-corrected chi connectivity index (χ3v) is 5.19. The van der Waals surface area contributed by atoms with Crippen molar-refractivity contribution in [1.82, 2.24) is 15.1 Å². The van der Waals surface area contributed by atoms with Gasteiger partial charge in [0, 0.05) is 30.3 Å². The number of aliphatic hydroxyl groups excluding tert-OH is 1. The zero-order valence-corrected chi connectivity index (χ0v) is 15.6. The van der Waals surface area contributed by atoms with E-state index in [1.807, 2.05) is 25.1 Å². The number of H-pyrrole nitrogens is 1. The number of β-amino-alcohol motifs (C(OH)–C–C–N with tert-alkyl or cyclic N) is 1. The normalized spacial score (nSPS) is 19.2. The Kier molecular flexibility index (Phi) is 4.96. The van der Waals surface area contributed by atoms with Gasteiger partial charge in [-0.3, -0.25) is 9.89 Å². The molecule has 2 atom stereocenters. The summed E-state index contributed by atoms with van der Waals surface area (Å²) in [5, 5.41) is 17.5. The number of benzene rings is 2. The molecule has 0 aliphatic carbocycles. The van der Waals surface area contributed by atoms with Crippen LogP contribution in [0.5, 0.6) is 0 Å². The van der Waals surface area contributed by atoms with Crippen LogP contribution < -0.4 is 0 Å². The van der Waals surface area contributed by atoms with E-state index in [4.69, 9.17) is 0 Å². The van der Waals surface area contributed by atoms with E-state index in [-0.39, 0.29) is 17.6 Å². The van der Waals surface area contributed by atoms with E-state index in [1.54, 1.807) is 29.2 Å². The molecule has 0 unspecified atom stereocenters. The minimum absolute atomic E-state index is 0.0435. The molecule has 1 aromatic heterocycles. The quantitative estimate of drug-likeness (QED) is 0.731. The molecule has 2 aromatic carbocycles. The third-order valence-electron chi connectivity index (χ3n) is 5.19. The molecule has 28 heavy (non-hydrogen) atoms. The summed E-state index contributed by atoms with van der Waals surface area (Å²) < 4.78 is 13.5. The number of aromatic amines is 1. The van der Waals surface area contributed by atoms with Crippen molar-refractivity contribution < 1.29 is 14.3 Å². The van der Waals surface area contributed by atoms with E-state index in [9.17, 15) is 14.3 Å². The molecule has 1 fully saturated rings. The van der Waals surface area contributed by atoms with Crippen LogP contribution in [0.25, 0.3) is 11.1 Å². The third kappa shape index (κ3) is 3.82. The molecule has 0 bridgehead atoms. The van der Waals surface area contributed by atoms with Crippen LogP contribution in [-0.2, 0) is 6.42 Å². The van der Waals surface area contributed by atoms with Crippen LogP contribution in [0.1, 0.15) is 21.7 Å². The Morgan fingerprint density at radius 2 is 1.93 bits per heavy atom. The Bertz CT molecular complexity index is 1000. The summed E-state index contributed by atoms with van der Waals surface area (Å²) in [6, 6.07) is 15.4. The van der Waals surface area contributed by atoms with Crippen molar-refractivity contribution in [2.75, 3.05) is 13.1 Å². The van der Waals surface area contributed by atoms with E-state index in [0.717, 1.165) is 22.5 Å². The summed E-state index contributed by atoms with van der Waals surface area (Å²) >= 11 is 0. The molecular formula is C22H22FN3O2. The van der Waals surface area contributed by atoms with Crippen LogP contribution in [0.2, 0.25) is 0 Å². The van der Waals surface area contributed by atoms with Gasteiger partial charge in [0.1, 0.15) is 5.82 Å². The molecule has 0 radical (unpaired) electrons. The van der Waals surface area contributed by atoms with E-state index >= 15 is 0 Å². The van der Waals surface area contributed by atoms with Crippen molar-refractivity contribution in [3.8, 4) is 11.1 Å². The van der Waals surface area contributed by atoms with Crippen LogP contribution in [0.4, 0.5) is 4.39 Å². The van der Waals surface area contributed by atoms with Crippen molar-refractivity contribution in [3.63, 3.8) is 0 Å². The average molecular weight is 379 g/mol. The molecule has 3 aromatic rings. The number of amides is 1. The van der Waals surface area contributed by atoms with Gasteiger partial charge in [-0.05, 0) is 54.8 Å². The molecule has 0 spiro atoms. The maximum Gasteiger partial charge on any atom is 0.253 e. The Labute approximate surface area is 162 Å². The number of aromatic nitrogens is 2. The maximum absolute atomic E-state index is 13.5. The number of halogens is 1. The topological polar surface area (TPSA) is 69.2 Å². The molecule has 1 amide bonds. The van der Waals surface area contributed by atoms with E-state index in [1.165, 1.54) is 12.1 Å². The number of aliphatic hydroxyl groups is 1. The number of aryl methyl sites for hydroxylation is 1. The van der Waals surface area contributed by atoms with E-state index < -0.39 is 6.10 Å². The standard InChI is InChI=1S/C22H22FN3O2/c1-14-8-20(25-24-14)11-18-12-26(13-21(18)27)22(28)17-6-2-4-15(9-17)16-5-3-7-19(23)10-16/h2-10,18,21,27H,11-13H2,1H3,(H,24,25)/t18-,21+/m1/s1. The SMILES string of the molecule is Cc1cc(C[C@@H]2CN(C(=O)c3cccc(-c4cccc(F)c4)c3)C[C@@H]2O)n[nH]1. The number of carbonyl (C=O) groups excluding carboxylic acids is 1. The van der Waals surface area contributed by atoms with Gasteiger partial charge in [0.25, 0.3) is 5.91 Å². The van der Waals surface area contributed by atoms with Gasteiger partial charge in [0.2, 0.25) is 0 Å². The van der Waals surface area contributed by atoms with Crippen LogP contribution in [0.3, 0.4) is 0 Å². The first kappa shape index (κ1) is 18.4. The number of nitrogens with zero attached hydrogens (tertiary/aromatic N) is 2. The second-order valence-electron chi connectivity index (χ2n) is 7.38. The second-order valence-corrected chi connectivity index (χ2v) is 7.38. The van der Waals surface area contributed by atoms with Gasteiger partial charge < -0.3 is 10.0 Å². The van der Waals surface area contributed by atoms with Crippen molar-refractivity contribution >= 4 is 5.91 Å². The molecule has 5 nitrogen and oxygen atoms in total. The van der Waals surface area contributed by atoms with E-state index in [0.29, 0.717) is 25.1 Å². The van der Waals surface area contributed by atoms with Crippen molar-refractivity contribution in [2.45, 2.75) is 19.4 Å². The van der Waals surface area contributed by atoms with Gasteiger partial charge in [0.05, 0.1) is 11.8 Å². The second kappa shape index (κ2) is 7.56. The molecule has 4 rings (SSSR count).